The summed E-state index contributed by atoms with van der Waals surface area (Å²) in [6.45, 7) is 3.83. The van der Waals surface area contributed by atoms with E-state index in [1.54, 1.807) is 12.1 Å². The van der Waals surface area contributed by atoms with Crippen LogP contribution in [0.5, 0.6) is 5.75 Å². The number of halogens is 2. The largest absolute Gasteiger partial charge is 0.487 e. The van der Waals surface area contributed by atoms with E-state index in [-0.39, 0.29) is 18.0 Å². The maximum absolute atomic E-state index is 12.9. The molecule has 0 spiro atoms. The number of benzene rings is 2. The Balaban J connectivity index is 2.11. The van der Waals surface area contributed by atoms with Gasteiger partial charge in [-0.05, 0) is 49.2 Å². The molecule has 0 aliphatic rings. The van der Waals surface area contributed by atoms with Crippen LogP contribution < -0.4 is 10.5 Å². The van der Waals surface area contributed by atoms with E-state index < -0.39 is 0 Å². The molecule has 0 aromatic heterocycles. The zero-order valence-corrected chi connectivity index (χ0v) is 12.2. The first kappa shape index (κ1) is 14.8. The van der Waals surface area contributed by atoms with Crippen LogP contribution in [0.2, 0.25) is 5.02 Å². The summed E-state index contributed by atoms with van der Waals surface area (Å²) in [5.41, 5.74) is 8.01. The molecule has 20 heavy (non-hydrogen) atoms. The molecule has 0 fully saturated rings. The number of nitrogens with two attached hydrogens (primary N) is 1. The van der Waals surface area contributed by atoms with Gasteiger partial charge in [-0.3, -0.25) is 0 Å². The van der Waals surface area contributed by atoms with E-state index in [1.165, 1.54) is 12.1 Å². The van der Waals surface area contributed by atoms with E-state index in [2.05, 4.69) is 0 Å². The zero-order valence-electron chi connectivity index (χ0n) is 11.4. The highest BCUT2D eigenvalue weighted by Crippen LogP contribution is 2.28. The predicted octanol–water partition coefficient (Wildman–Crippen LogP) is 4.25. The van der Waals surface area contributed by atoms with Crippen LogP contribution in [0, 0.1) is 12.7 Å². The number of rotatable bonds is 4. The van der Waals surface area contributed by atoms with Crippen molar-refractivity contribution in [1.29, 1.82) is 0 Å². The van der Waals surface area contributed by atoms with Crippen LogP contribution in [-0.4, -0.2) is 6.10 Å². The van der Waals surface area contributed by atoms with Gasteiger partial charge in [-0.1, -0.05) is 29.8 Å². The van der Waals surface area contributed by atoms with E-state index in [1.807, 2.05) is 32.0 Å². The Morgan fingerprint density at radius 3 is 2.40 bits per heavy atom. The molecule has 2 N–H and O–H groups in total. The minimum absolute atomic E-state index is 0.277. The number of hydrogen-bond donors (Lipinski definition) is 1. The molecular weight excluding hydrogens is 277 g/mol. The number of aryl methyl sites for hydroxylation is 1. The SMILES string of the molecule is Cc1ccc(OC(C)C(N)c2ccc(F)cc2)c(Cl)c1. The van der Waals surface area contributed by atoms with Crippen LogP contribution in [-0.2, 0) is 0 Å². The monoisotopic (exact) mass is 293 g/mol. The van der Waals surface area contributed by atoms with Gasteiger partial charge in [0.15, 0.2) is 0 Å². The lowest BCUT2D eigenvalue weighted by atomic mass is 10.0. The van der Waals surface area contributed by atoms with Crippen LogP contribution in [0.15, 0.2) is 42.5 Å². The first-order valence-corrected chi connectivity index (χ1v) is 6.79. The Hall–Kier alpha value is -1.58. The third kappa shape index (κ3) is 3.50. The maximum Gasteiger partial charge on any atom is 0.138 e. The van der Waals surface area contributed by atoms with Gasteiger partial charge in [0.25, 0.3) is 0 Å². The van der Waals surface area contributed by atoms with Crippen LogP contribution >= 0.6 is 11.6 Å². The first-order chi connectivity index (χ1) is 9.47. The van der Waals surface area contributed by atoms with E-state index in [9.17, 15) is 4.39 Å². The van der Waals surface area contributed by atoms with E-state index in [0.717, 1.165) is 11.1 Å². The standard InChI is InChI=1S/C16H17ClFNO/c1-10-3-8-15(14(17)9-10)20-11(2)16(19)12-4-6-13(18)7-5-12/h3-9,11,16H,19H2,1-2H3. The van der Waals surface area contributed by atoms with Crippen LogP contribution in [0.25, 0.3) is 0 Å². The van der Waals surface area contributed by atoms with Gasteiger partial charge in [-0.25, -0.2) is 4.39 Å². The fourth-order valence-electron chi connectivity index (χ4n) is 1.93. The molecule has 2 nitrogen and oxygen atoms in total. The minimum Gasteiger partial charge on any atom is -0.487 e. The molecule has 0 amide bonds. The van der Waals surface area contributed by atoms with Crippen molar-refractivity contribution in [3.8, 4) is 5.75 Å². The Labute approximate surface area is 123 Å². The van der Waals surface area contributed by atoms with Crippen molar-refractivity contribution in [2.45, 2.75) is 26.0 Å². The molecule has 2 aromatic carbocycles. The molecule has 0 saturated heterocycles. The quantitative estimate of drug-likeness (QED) is 0.914. The lowest BCUT2D eigenvalue weighted by Gasteiger charge is -2.22. The molecule has 2 atom stereocenters. The molecule has 0 aliphatic carbocycles. The van der Waals surface area contributed by atoms with Gasteiger partial charge in [-0.15, -0.1) is 0 Å². The summed E-state index contributed by atoms with van der Waals surface area (Å²) in [5, 5.41) is 0.558. The summed E-state index contributed by atoms with van der Waals surface area (Å²) < 4.78 is 18.7. The van der Waals surface area contributed by atoms with Gasteiger partial charge in [0.2, 0.25) is 0 Å². The van der Waals surface area contributed by atoms with E-state index in [0.29, 0.717) is 10.8 Å². The fourth-order valence-corrected chi connectivity index (χ4v) is 2.21. The third-order valence-electron chi connectivity index (χ3n) is 3.16. The Bertz CT molecular complexity index is 586. The second-order valence-corrected chi connectivity index (χ2v) is 5.24. The molecule has 0 radical (unpaired) electrons. The summed E-state index contributed by atoms with van der Waals surface area (Å²) in [6.07, 6.45) is -0.277. The Kier molecular flexibility index (Phi) is 4.63. The van der Waals surface area contributed by atoms with Crippen molar-refractivity contribution in [2.75, 3.05) is 0 Å². The Morgan fingerprint density at radius 1 is 1.15 bits per heavy atom. The highest BCUT2D eigenvalue weighted by molar-refractivity contribution is 6.32. The van der Waals surface area contributed by atoms with Crippen molar-refractivity contribution in [3.05, 3.63) is 64.4 Å². The van der Waals surface area contributed by atoms with Crippen molar-refractivity contribution in [2.24, 2.45) is 5.73 Å². The summed E-state index contributed by atoms with van der Waals surface area (Å²) >= 11 is 6.13. The molecule has 2 rings (SSSR count). The second-order valence-electron chi connectivity index (χ2n) is 4.83. The van der Waals surface area contributed by atoms with Crippen LogP contribution in [0.4, 0.5) is 4.39 Å². The molecule has 4 heteroatoms. The van der Waals surface area contributed by atoms with Crippen LogP contribution in [0.3, 0.4) is 0 Å². The molecule has 0 bridgehead atoms. The molecule has 2 aromatic rings. The summed E-state index contributed by atoms with van der Waals surface area (Å²) in [7, 11) is 0. The summed E-state index contributed by atoms with van der Waals surface area (Å²) in [4.78, 5) is 0. The molecule has 0 aliphatic heterocycles. The van der Waals surface area contributed by atoms with Gasteiger partial charge in [0.1, 0.15) is 17.7 Å². The van der Waals surface area contributed by atoms with E-state index >= 15 is 0 Å². The highest BCUT2D eigenvalue weighted by atomic mass is 35.5. The zero-order chi connectivity index (χ0) is 14.7. The molecule has 2 unspecified atom stereocenters. The van der Waals surface area contributed by atoms with Gasteiger partial charge >= 0.3 is 0 Å². The van der Waals surface area contributed by atoms with Crippen molar-refractivity contribution >= 4 is 11.6 Å². The Morgan fingerprint density at radius 2 is 1.80 bits per heavy atom. The minimum atomic E-state index is -0.354. The summed E-state index contributed by atoms with van der Waals surface area (Å²) in [6, 6.07) is 11.3. The highest BCUT2D eigenvalue weighted by Gasteiger charge is 2.17. The average Bonchev–Trinajstić information content (AvgIpc) is 2.42. The van der Waals surface area contributed by atoms with Gasteiger partial charge in [0, 0.05) is 0 Å². The lowest BCUT2D eigenvalue weighted by Crippen LogP contribution is -2.28. The first-order valence-electron chi connectivity index (χ1n) is 6.41. The number of ether oxygens (including phenoxy) is 1. The van der Waals surface area contributed by atoms with Crippen LogP contribution in [0.1, 0.15) is 24.1 Å². The maximum atomic E-state index is 12.9. The topological polar surface area (TPSA) is 35.2 Å². The molecule has 0 saturated carbocycles. The third-order valence-corrected chi connectivity index (χ3v) is 3.46. The van der Waals surface area contributed by atoms with Crippen molar-refractivity contribution < 1.29 is 9.13 Å². The van der Waals surface area contributed by atoms with Crippen molar-refractivity contribution in [1.82, 2.24) is 0 Å². The van der Waals surface area contributed by atoms with Gasteiger partial charge in [0.05, 0.1) is 11.1 Å². The van der Waals surface area contributed by atoms with Gasteiger partial charge < -0.3 is 10.5 Å². The second kappa shape index (κ2) is 6.25. The lowest BCUT2D eigenvalue weighted by molar-refractivity contribution is 0.190. The van der Waals surface area contributed by atoms with E-state index in [4.69, 9.17) is 22.1 Å². The number of hydrogen-bond acceptors (Lipinski definition) is 2. The predicted molar refractivity (Wildman–Crippen MR) is 79.6 cm³/mol. The smallest absolute Gasteiger partial charge is 0.138 e. The van der Waals surface area contributed by atoms with Crippen molar-refractivity contribution in [3.63, 3.8) is 0 Å². The molecule has 0 heterocycles. The molecular formula is C16H17ClFNO. The van der Waals surface area contributed by atoms with Gasteiger partial charge in [-0.2, -0.15) is 0 Å². The normalized spacial score (nSPS) is 13.8. The average molecular weight is 294 g/mol. The fraction of sp³-hybridized carbons (Fsp3) is 0.250. The molecule has 106 valence electrons. The summed E-state index contributed by atoms with van der Waals surface area (Å²) in [5.74, 6) is 0.318.